The van der Waals surface area contributed by atoms with Crippen molar-refractivity contribution in [3.63, 3.8) is 0 Å². The largest absolute Gasteiger partial charge is 0.478 e. The van der Waals surface area contributed by atoms with Crippen LogP contribution in [0.5, 0.6) is 0 Å². The van der Waals surface area contributed by atoms with E-state index in [-0.39, 0.29) is 12.2 Å². The maximum absolute atomic E-state index is 10.6. The van der Waals surface area contributed by atoms with E-state index in [0.717, 1.165) is 11.5 Å². The molecule has 3 nitrogen and oxygen atoms in total. The summed E-state index contributed by atoms with van der Waals surface area (Å²) < 4.78 is 0. The Morgan fingerprint density at radius 3 is 2.54 bits per heavy atom. The normalized spacial score (nSPS) is 10.4. The topological polar surface area (TPSA) is 57.5 Å². The molecule has 1 aromatic carbocycles. The maximum atomic E-state index is 10.6. The Balaban J connectivity index is 2.98. The Labute approximate surface area is 76.6 Å². The smallest absolute Gasteiger partial charge is 0.335 e. The molecule has 0 aromatic heterocycles. The van der Waals surface area contributed by atoms with Crippen molar-refractivity contribution >= 4 is 5.97 Å². The third-order valence-electron chi connectivity index (χ3n) is 1.84. The van der Waals surface area contributed by atoms with Crippen LogP contribution >= 0.6 is 0 Å². The molecular weight excluding hydrogens is 168 g/mol. The molecule has 69 valence electrons. The van der Waals surface area contributed by atoms with E-state index < -0.39 is 5.97 Å². The summed E-state index contributed by atoms with van der Waals surface area (Å²) in [6.07, 6.45) is 0. The molecule has 0 saturated carbocycles. The van der Waals surface area contributed by atoms with Gasteiger partial charge in [0.05, 0.1) is 12.2 Å². The Morgan fingerprint density at radius 2 is 2.00 bits per heavy atom. The first-order chi connectivity index (χ1) is 6.15. The van der Waals surface area contributed by atoms with Crippen LogP contribution in [0.3, 0.4) is 0 Å². The highest BCUT2D eigenvalue weighted by atomic mass is 16.4. The molecule has 1 aromatic rings. The average Bonchev–Trinajstić information content (AvgIpc) is 2.17. The van der Waals surface area contributed by atoms with Gasteiger partial charge in [0.25, 0.3) is 0 Å². The first kappa shape index (κ1) is 9.74. The molecule has 0 spiro atoms. The molecule has 0 fully saturated rings. The zero-order valence-corrected chi connectivity index (χ0v) is 7.32. The lowest BCUT2D eigenvalue weighted by atomic mass is 10.00. The molecular formula is C10H11O3. The predicted molar refractivity (Wildman–Crippen MR) is 48.5 cm³/mol. The van der Waals surface area contributed by atoms with Gasteiger partial charge in [0.15, 0.2) is 0 Å². The summed E-state index contributed by atoms with van der Waals surface area (Å²) in [5.74, 6) is -0.185. The molecule has 0 heterocycles. The quantitative estimate of drug-likeness (QED) is 0.735. The molecule has 1 radical (unpaired) electrons. The van der Waals surface area contributed by atoms with Crippen molar-refractivity contribution in [2.45, 2.75) is 6.92 Å². The van der Waals surface area contributed by atoms with Gasteiger partial charge in [0.2, 0.25) is 0 Å². The number of carbonyl (C=O) groups is 1. The standard InChI is InChI=1S/C10H11O3/c1-7(6-11)8-3-2-4-9(5-8)10(12)13/h2-5,11H,6H2,1H3,(H,12,13). The van der Waals surface area contributed by atoms with Crippen LogP contribution in [0.15, 0.2) is 24.3 Å². The molecule has 3 heteroatoms. The van der Waals surface area contributed by atoms with E-state index >= 15 is 0 Å². The van der Waals surface area contributed by atoms with Crippen molar-refractivity contribution in [2.24, 2.45) is 0 Å². The molecule has 0 bridgehead atoms. The van der Waals surface area contributed by atoms with Crippen molar-refractivity contribution in [3.05, 3.63) is 41.3 Å². The van der Waals surface area contributed by atoms with E-state index in [1.165, 1.54) is 6.07 Å². The molecule has 0 atom stereocenters. The Hall–Kier alpha value is -1.35. The fourth-order valence-corrected chi connectivity index (χ4v) is 1.01. The van der Waals surface area contributed by atoms with E-state index in [4.69, 9.17) is 10.2 Å². The highest BCUT2D eigenvalue weighted by Gasteiger charge is 2.07. The molecule has 0 aliphatic rings. The summed E-state index contributed by atoms with van der Waals surface area (Å²) in [5, 5.41) is 17.5. The van der Waals surface area contributed by atoms with Crippen LogP contribution in [0.1, 0.15) is 22.8 Å². The summed E-state index contributed by atoms with van der Waals surface area (Å²) in [5.41, 5.74) is 1.01. The van der Waals surface area contributed by atoms with Gasteiger partial charge in [-0.25, -0.2) is 4.79 Å². The van der Waals surface area contributed by atoms with Crippen LogP contribution < -0.4 is 0 Å². The van der Waals surface area contributed by atoms with Gasteiger partial charge in [-0.05, 0) is 17.7 Å². The second-order valence-corrected chi connectivity index (χ2v) is 2.82. The fourth-order valence-electron chi connectivity index (χ4n) is 1.01. The van der Waals surface area contributed by atoms with E-state index in [0.29, 0.717) is 0 Å². The number of carboxylic acid groups (broad SMARTS) is 1. The maximum Gasteiger partial charge on any atom is 0.335 e. The monoisotopic (exact) mass is 179 g/mol. The van der Waals surface area contributed by atoms with Crippen molar-refractivity contribution in [1.29, 1.82) is 0 Å². The third-order valence-corrected chi connectivity index (χ3v) is 1.84. The highest BCUT2D eigenvalue weighted by Crippen LogP contribution is 2.14. The van der Waals surface area contributed by atoms with Crippen molar-refractivity contribution in [1.82, 2.24) is 0 Å². The molecule has 0 aliphatic heterocycles. The van der Waals surface area contributed by atoms with Crippen LogP contribution in [-0.4, -0.2) is 22.8 Å². The summed E-state index contributed by atoms with van der Waals surface area (Å²) >= 11 is 0. The molecule has 0 saturated heterocycles. The molecule has 0 aliphatic carbocycles. The van der Waals surface area contributed by atoms with Crippen molar-refractivity contribution in [2.75, 3.05) is 6.61 Å². The minimum absolute atomic E-state index is 0.0525. The Morgan fingerprint density at radius 1 is 1.38 bits per heavy atom. The van der Waals surface area contributed by atoms with Crippen LogP contribution in [0, 0.1) is 5.92 Å². The second-order valence-electron chi connectivity index (χ2n) is 2.82. The van der Waals surface area contributed by atoms with E-state index in [1.54, 1.807) is 25.1 Å². The van der Waals surface area contributed by atoms with Gasteiger partial charge < -0.3 is 10.2 Å². The van der Waals surface area contributed by atoms with Crippen molar-refractivity contribution in [3.8, 4) is 0 Å². The zero-order valence-electron chi connectivity index (χ0n) is 7.32. The summed E-state index contributed by atoms with van der Waals surface area (Å²) in [4.78, 5) is 10.6. The lowest BCUT2D eigenvalue weighted by molar-refractivity contribution is 0.0697. The molecule has 2 N–H and O–H groups in total. The number of rotatable bonds is 3. The van der Waals surface area contributed by atoms with Crippen LogP contribution in [0.4, 0.5) is 0 Å². The van der Waals surface area contributed by atoms with Crippen LogP contribution in [0.2, 0.25) is 0 Å². The number of hydrogen-bond donors (Lipinski definition) is 2. The minimum Gasteiger partial charge on any atom is -0.478 e. The summed E-state index contributed by atoms with van der Waals surface area (Å²) in [7, 11) is 0. The number of carboxylic acids is 1. The van der Waals surface area contributed by atoms with Gasteiger partial charge in [0.1, 0.15) is 0 Å². The van der Waals surface area contributed by atoms with E-state index in [9.17, 15) is 4.79 Å². The number of aliphatic hydroxyl groups excluding tert-OH is 1. The van der Waals surface area contributed by atoms with Gasteiger partial charge in [-0.2, -0.15) is 0 Å². The summed E-state index contributed by atoms with van der Waals surface area (Å²) in [6.45, 7) is 1.71. The van der Waals surface area contributed by atoms with Gasteiger partial charge >= 0.3 is 5.97 Å². The second kappa shape index (κ2) is 4.05. The Bertz CT molecular complexity index is 307. The fraction of sp³-hybridized carbons (Fsp3) is 0.200. The Kier molecular flexibility index (Phi) is 3.03. The van der Waals surface area contributed by atoms with E-state index in [2.05, 4.69) is 0 Å². The SMILES string of the molecule is C[C](CO)c1cccc(C(=O)O)c1. The van der Waals surface area contributed by atoms with Gasteiger partial charge in [0, 0.05) is 5.92 Å². The first-order valence-electron chi connectivity index (χ1n) is 3.92. The lowest BCUT2D eigenvalue weighted by Gasteiger charge is -2.07. The van der Waals surface area contributed by atoms with Gasteiger partial charge in [-0.3, -0.25) is 0 Å². The van der Waals surface area contributed by atoms with Gasteiger partial charge in [-0.15, -0.1) is 0 Å². The number of benzene rings is 1. The molecule has 0 amide bonds. The molecule has 0 unspecified atom stereocenters. The first-order valence-corrected chi connectivity index (χ1v) is 3.92. The molecule has 1 rings (SSSR count). The lowest BCUT2D eigenvalue weighted by Crippen LogP contribution is -2.03. The number of aliphatic hydroxyl groups is 1. The highest BCUT2D eigenvalue weighted by molar-refractivity contribution is 5.87. The number of aromatic carboxylic acids is 1. The molecule has 13 heavy (non-hydrogen) atoms. The number of hydrogen-bond acceptors (Lipinski definition) is 2. The van der Waals surface area contributed by atoms with Crippen LogP contribution in [0.25, 0.3) is 0 Å². The summed E-state index contributed by atoms with van der Waals surface area (Å²) in [6, 6.07) is 6.51. The van der Waals surface area contributed by atoms with Gasteiger partial charge in [-0.1, -0.05) is 19.1 Å². The predicted octanol–water partition coefficient (Wildman–Crippen LogP) is 1.32. The minimum atomic E-state index is -0.951. The third kappa shape index (κ3) is 2.29. The van der Waals surface area contributed by atoms with E-state index in [1.807, 2.05) is 0 Å². The van der Waals surface area contributed by atoms with Crippen LogP contribution in [-0.2, 0) is 0 Å². The van der Waals surface area contributed by atoms with Crippen molar-refractivity contribution < 1.29 is 15.0 Å². The zero-order chi connectivity index (χ0) is 9.84. The average molecular weight is 179 g/mol.